The molecule has 1 aromatic heterocycles. The van der Waals surface area contributed by atoms with Crippen molar-refractivity contribution in [1.29, 1.82) is 0 Å². The van der Waals surface area contributed by atoms with Crippen molar-refractivity contribution in [2.75, 3.05) is 6.54 Å². The SMILES string of the molecule is CC(C)NCCCn1cnc2cc(F)c(F)cc21. The minimum absolute atomic E-state index is 0.455. The van der Waals surface area contributed by atoms with Crippen LogP contribution in [0.25, 0.3) is 11.0 Å². The molecule has 18 heavy (non-hydrogen) atoms. The number of benzene rings is 1. The van der Waals surface area contributed by atoms with Crippen LogP contribution in [0.2, 0.25) is 0 Å². The quantitative estimate of drug-likeness (QED) is 0.830. The molecule has 0 amide bonds. The van der Waals surface area contributed by atoms with Crippen molar-refractivity contribution in [2.24, 2.45) is 0 Å². The number of fused-ring (bicyclic) bond motifs is 1. The second-order valence-corrected chi connectivity index (χ2v) is 4.66. The maximum Gasteiger partial charge on any atom is 0.161 e. The molecule has 0 atom stereocenters. The van der Waals surface area contributed by atoms with Gasteiger partial charge in [-0.05, 0) is 13.0 Å². The normalized spacial score (nSPS) is 11.6. The van der Waals surface area contributed by atoms with Crippen molar-refractivity contribution in [3.05, 3.63) is 30.1 Å². The molecular weight excluding hydrogens is 236 g/mol. The molecule has 3 nitrogen and oxygen atoms in total. The minimum Gasteiger partial charge on any atom is -0.330 e. The van der Waals surface area contributed by atoms with Crippen LogP contribution in [0.1, 0.15) is 20.3 Å². The summed E-state index contributed by atoms with van der Waals surface area (Å²) in [4.78, 5) is 4.07. The Labute approximate surface area is 105 Å². The zero-order valence-electron chi connectivity index (χ0n) is 10.6. The fraction of sp³-hybridized carbons (Fsp3) is 0.462. The van der Waals surface area contributed by atoms with Gasteiger partial charge in [0.25, 0.3) is 0 Å². The molecule has 0 radical (unpaired) electrons. The van der Waals surface area contributed by atoms with Crippen molar-refractivity contribution in [2.45, 2.75) is 32.9 Å². The molecule has 0 fully saturated rings. The van der Waals surface area contributed by atoms with Gasteiger partial charge in [-0.1, -0.05) is 13.8 Å². The highest BCUT2D eigenvalue weighted by Gasteiger charge is 2.08. The summed E-state index contributed by atoms with van der Waals surface area (Å²) in [6.45, 7) is 5.80. The largest absolute Gasteiger partial charge is 0.330 e. The van der Waals surface area contributed by atoms with Crippen LogP contribution >= 0.6 is 0 Å². The summed E-state index contributed by atoms with van der Waals surface area (Å²) in [5.74, 6) is -1.68. The Morgan fingerprint density at radius 1 is 1.28 bits per heavy atom. The number of imidazole rings is 1. The van der Waals surface area contributed by atoms with Gasteiger partial charge in [-0.25, -0.2) is 13.8 Å². The third-order valence-electron chi connectivity index (χ3n) is 2.79. The predicted molar refractivity (Wildman–Crippen MR) is 67.4 cm³/mol. The monoisotopic (exact) mass is 253 g/mol. The van der Waals surface area contributed by atoms with E-state index in [1.165, 1.54) is 6.07 Å². The Morgan fingerprint density at radius 2 is 2.00 bits per heavy atom. The number of hydrogen-bond acceptors (Lipinski definition) is 2. The fourth-order valence-corrected chi connectivity index (χ4v) is 1.87. The average Bonchev–Trinajstić information content (AvgIpc) is 2.68. The highest BCUT2D eigenvalue weighted by Crippen LogP contribution is 2.17. The molecule has 0 aliphatic rings. The van der Waals surface area contributed by atoms with Crippen molar-refractivity contribution in [1.82, 2.24) is 14.9 Å². The van der Waals surface area contributed by atoms with E-state index in [4.69, 9.17) is 0 Å². The first kappa shape index (κ1) is 13.0. The molecule has 0 bridgehead atoms. The highest BCUT2D eigenvalue weighted by atomic mass is 19.2. The van der Waals surface area contributed by atoms with Gasteiger partial charge >= 0.3 is 0 Å². The van der Waals surface area contributed by atoms with Gasteiger partial charge in [0.05, 0.1) is 17.4 Å². The summed E-state index contributed by atoms with van der Waals surface area (Å²) in [6.07, 6.45) is 2.54. The van der Waals surface area contributed by atoms with Crippen LogP contribution in [0.15, 0.2) is 18.5 Å². The first-order valence-corrected chi connectivity index (χ1v) is 6.11. The number of nitrogens with zero attached hydrogens (tertiary/aromatic N) is 2. The predicted octanol–water partition coefficient (Wildman–Crippen LogP) is 2.70. The van der Waals surface area contributed by atoms with Crippen LogP contribution in [0, 0.1) is 11.6 Å². The maximum absolute atomic E-state index is 13.2. The Bertz CT molecular complexity index is 534. The van der Waals surface area contributed by atoms with E-state index in [0.717, 1.165) is 25.6 Å². The summed E-state index contributed by atoms with van der Waals surface area (Å²) in [5.41, 5.74) is 1.13. The second kappa shape index (κ2) is 5.44. The maximum atomic E-state index is 13.2. The van der Waals surface area contributed by atoms with E-state index in [1.807, 2.05) is 4.57 Å². The summed E-state index contributed by atoms with van der Waals surface area (Å²) in [5, 5.41) is 3.31. The van der Waals surface area contributed by atoms with Crippen LogP contribution in [0.3, 0.4) is 0 Å². The van der Waals surface area contributed by atoms with E-state index >= 15 is 0 Å². The standard InChI is InChI=1S/C13H17F2N3/c1-9(2)16-4-3-5-18-8-17-12-6-10(14)11(15)7-13(12)18/h6-9,16H,3-5H2,1-2H3. The molecule has 1 aromatic carbocycles. The molecule has 0 saturated heterocycles. The molecule has 1 N–H and O–H groups in total. The first-order valence-electron chi connectivity index (χ1n) is 6.11. The molecule has 0 aliphatic carbocycles. The lowest BCUT2D eigenvalue weighted by Gasteiger charge is -2.08. The van der Waals surface area contributed by atoms with Gasteiger partial charge in [-0.15, -0.1) is 0 Å². The fourth-order valence-electron chi connectivity index (χ4n) is 1.87. The summed E-state index contributed by atoms with van der Waals surface area (Å²) >= 11 is 0. The molecule has 0 spiro atoms. The van der Waals surface area contributed by atoms with Gasteiger partial charge in [-0.3, -0.25) is 0 Å². The molecule has 2 rings (SSSR count). The summed E-state index contributed by atoms with van der Waals surface area (Å²) < 4.78 is 28.0. The number of aromatic nitrogens is 2. The zero-order valence-corrected chi connectivity index (χ0v) is 10.6. The Kier molecular flexibility index (Phi) is 3.91. The van der Waals surface area contributed by atoms with Crippen LogP contribution < -0.4 is 5.32 Å². The lowest BCUT2D eigenvalue weighted by atomic mass is 10.3. The van der Waals surface area contributed by atoms with Gasteiger partial charge in [0.2, 0.25) is 0 Å². The lowest BCUT2D eigenvalue weighted by Crippen LogP contribution is -2.24. The molecule has 0 saturated carbocycles. The molecule has 98 valence electrons. The average molecular weight is 253 g/mol. The topological polar surface area (TPSA) is 29.9 Å². The van der Waals surface area contributed by atoms with Gasteiger partial charge in [0.1, 0.15) is 0 Å². The smallest absolute Gasteiger partial charge is 0.161 e. The molecule has 1 heterocycles. The van der Waals surface area contributed by atoms with Gasteiger partial charge in [0, 0.05) is 24.7 Å². The van der Waals surface area contributed by atoms with Gasteiger partial charge in [0.15, 0.2) is 11.6 Å². The van der Waals surface area contributed by atoms with Crippen molar-refractivity contribution in [3.63, 3.8) is 0 Å². The number of rotatable bonds is 5. The van der Waals surface area contributed by atoms with Crippen LogP contribution in [0.4, 0.5) is 8.78 Å². The Morgan fingerprint density at radius 3 is 2.72 bits per heavy atom. The van der Waals surface area contributed by atoms with Crippen LogP contribution in [0.5, 0.6) is 0 Å². The number of halogens is 2. The molecule has 0 unspecified atom stereocenters. The van der Waals surface area contributed by atoms with E-state index in [9.17, 15) is 8.78 Å². The van der Waals surface area contributed by atoms with Crippen molar-refractivity contribution >= 4 is 11.0 Å². The highest BCUT2D eigenvalue weighted by molar-refractivity contribution is 5.75. The number of nitrogens with one attached hydrogen (secondary N) is 1. The molecule has 5 heteroatoms. The van der Waals surface area contributed by atoms with E-state index in [0.29, 0.717) is 17.1 Å². The lowest BCUT2D eigenvalue weighted by molar-refractivity contribution is 0.509. The van der Waals surface area contributed by atoms with E-state index in [1.54, 1.807) is 6.33 Å². The first-order chi connectivity index (χ1) is 8.58. The van der Waals surface area contributed by atoms with E-state index < -0.39 is 11.6 Å². The molecule has 2 aromatic rings. The second-order valence-electron chi connectivity index (χ2n) is 4.66. The molecular formula is C13H17F2N3. The third kappa shape index (κ3) is 2.85. The molecule has 0 aliphatic heterocycles. The third-order valence-corrected chi connectivity index (χ3v) is 2.79. The number of hydrogen-bond donors (Lipinski definition) is 1. The minimum atomic E-state index is -0.853. The number of aryl methyl sites for hydroxylation is 1. The summed E-state index contributed by atoms with van der Waals surface area (Å²) in [6, 6.07) is 2.79. The van der Waals surface area contributed by atoms with Crippen molar-refractivity contribution < 1.29 is 8.78 Å². The Hall–Kier alpha value is -1.49. The van der Waals surface area contributed by atoms with Crippen LogP contribution in [-0.4, -0.2) is 22.1 Å². The van der Waals surface area contributed by atoms with Crippen molar-refractivity contribution in [3.8, 4) is 0 Å². The van der Waals surface area contributed by atoms with Gasteiger partial charge in [-0.2, -0.15) is 0 Å². The summed E-state index contributed by atoms with van der Waals surface area (Å²) in [7, 11) is 0. The van der Waals surface area contributed by atoms with Gasteiger partial charge < -0.3 is 9.88 Å². The van der Waals surface area contributed by atoms with E-state index in [-0.39, 0.29) is 0 Å². The Balaban J connectivity index is 2.07. The van der Waals surface area contributed by atoms with Crippen LogP contribution in [-0.2, 0) is 6.54 Å². The zero-order chi connectivity index (χ0) is 13.1. The van der Waals surface area contributed by atoms with E-state index in [2.05, 4.69) is 24.1 Å².